The van der Waals surface area contributed by atoms with Crippen molar-refractivity contribution in [3.05, 3.63) is 12.3 Å². The Morgan fingerprint density at radius 1 is 1.38 bits per heavy atom. The molecule has 1 heterocycles. The molecule has 5 heteroatoms. The van der Waals surface area contributed by atoms with Gasteiger partial charge in [0.1, 0.15) is 5.03 Å². The van der Waals surface area contributed by atoms with E-state index < -0.39 is 8.32 Å². The Balaban J connectivity index is 2.78. The lowest BCUT2D eigenvalue weighted by atomic mass is 10.7. The lowest BCUT2D eigenvalue weighted by molar-refractivity contribution is 0.502. The van der Waals surface area contributed by atoms with Crippen LogP contribution in [-0.4, -0.2) is 24.5 Å². The second-order valence-corrected chi connectivity index (χ2v) is 8.85. The van der Waals surface area contributed by atoms with Gasteiger partial charge in [-0.15, -0.1) is 11.8 Å². The summed E-state index contributed by atoms with van der Waals surface area (Å²) in [4.78, 5) is 8.30. The van der Waals surface area contributed by atoms with E-state index >= 15 is 0 Å². The molecule has 0 aliphatic heterocycles. The quantitative estimate of drug-likeness (QED) is 0.440. The Labute approximate surface area is 84.1 Å². The Bertz CT molecular complexity index is 288. The van der Waals surface area contributed by atoms with Crippen molar-refractivity contribution in [1.29, 1.82) is 0 Å². The molecule has 0 radical (unpaired) electrons. The van der Waals surface area contributed by atoms with E-state index in [1.54, 1.807) is 18.0 Å². The third-order valence-corrected chi connectivity index (χ3v) is 2.66. The molecular weight excluding hydrogens is 200 g/mol. The molecular formula is C8H14N2OSSi. The van der Waals surface area contributed by atoms with Crippen LogP contribution in [0.4, 0.5) is 0 Å². The zero-order chi connectivity index (χ0) is 9.90. The molecule has 0 aromatic carbocycles. The summed E-state index contributed by atoms with van der Waals surface area (Å²) in [5, 5.41) is 0.947. The Hall–Kier alpha value is -0.553. The van der Waals surface area contributed by atoms with Gasteiger partial charge in [0.15, 0.2) is 0 Å². The molecule has 1 aromatic rings. The van der Waals surface area contributed by atoms with Crippen LogP contribution in [0.1, 0.15) is 0 Å². The fraction of sp³-hybridized carbons (Fsp3) is 0.500. The number of rotatable bonds is 3. The normalized spacial score (nSPS) is 11.4. The van der Waals surface area contributed by atoms with Gasteiger partial charge in [0, 0.05) is 6.20 Å². The summed E-state index contributed by atoms with van der Waals surface area (Å²) in [5.41, 5.74) is 0. The maximum Gasteiger partial charge on any atom is 0.303 e. The summed E-state index contributed by atoms with van der Waals surface area (Å²) >= 11 is 1.59. The lowest BCUT2D eigenvalue weighted by Gasteiger charge is -2.16. The molecule has 0 fully saturated rings. The van der Waals surface area contributed by atoms with Crippen LogP contribution >= 0.6 is 11.8 Å². The molecule has 72 valence electrons. The number of hydrogen-bond acceptors (Lipinski definition) is 4. The first-order valence-corrected chi connectivity index (χ1v) is 8.70. The highest BCUT2D eigenvalue weighted by molar-refractivity contribution is 7.98. The van der Waals surface area contributed by atoms with Gasteiger partial charge in [0.05, 0.1) is 0 Å². The van der Waals surface area contributed by atoms with Gasteiger partial charge in [-0.1, -0.05) is 0 Å². The molecule has 1 rings (SSSR count). The Morgan fingerprint density at radius 2 is 2.08 bits per heavy atom. The maximum absolute atomic E-state index is 5.65. The minimum atomic E-state index is -1.57. The molecule has 3 nitrogen and oxygen atoms in total. The van der Waals surface area contributed by atoms with Crippen molar-refractivity contribution in [3.8, 4) is 6.01 Å². The van der Waals surface area contributed by atoms with Crippen molar-refractivity contribution in [3.63, 3.8) is 0 Å². The molecule has 0 N–H and O–H groups in total. The van der Waals surface area contributed by atoms with Crippen LogP contribution in [0, 0.1) is 0 Å². The first-order valence-electron chi connectivity index (χ1n) is 4.07. The summed E-state index contributed by atoms with van der Waals surface area (Å²) in [6, 6.07) is 2.38. The maximum atomic E-state index is 5.65. The number of hydrogen-bond donors (Lipinski definition) is 0. The van der Waals surface area contributed by atoms with E-state index in [1.165, 1.54) is 0 Å². The molecule has 0 aliphatic carbocycles. The number of thioether (sulfide) groups is 1. The summed E-state index contributed by atoms with van der Waals surface area (Å²) in [6.07, 6.45) is 3.72. The average molecular weight is 214 g/mol. The average Bonchev–Trinajstić information content (AvgIpc) is 2.01. The zero-order valence-corrected chi connectivity index (χ0v) is 10.2. The lowest BCUT2D eigenvalue weighted by Crippen LogP contribution is -2.30. The van der Waals surface area contributed by atoms with Gasteiger partial charge in [0.2, 0.25) is 8.32 Å². The summed E-state index contributed by atoms with van der Waals surface area (Å²) in [6.45, 7) is 6.34. The second-order valence-electron chi connectivity index (χ2n) is 3.60. The first kappa shape index (κ1) is 10.5. The second kappa shape index (κ2) is 4.10. The predicted octanol–water partition coefficient (Wildman–Crippen LogP) is 2.41. The standard InChI is InChI=1S/C8H14N2OSSi/c1-12-7-5-6-9-8(10-7)11-13(2,3)4/h5-6H,1-4H3. The van der Waals surface area contributed by atoms with Crippen LogP contribution < -0.4 is 4.43 Å². The minimum Gasteiger partial charge on any atom is -0.518 e. The summed E-state index contributed by atoms with van der Waals surface area (Å²) in [5.74, 6) is 0. The Kier molecular flexibility index (Phi) is 3.32. The molecule has 0 aliphatic rings. The van der Waals surface area contributed by atoms with E-state index in [0.29, 0.717) is 6.01 Å². The van der Waals surface area contributed by atoms with Gasteiger partial charge < -0.3 is 4.43 Å². The van der Waals surface area contributed by atoms with Crippen molar-refractivity contribution >= 4 is 20.1 Å². The molecule has 0 unspecified atom stereocenters. The molecule has 0 atom stereocenters. The van der Waals surface area contributed by atoms with E-state index in [2.05, 4.69) is 29.6 Å². The van der Waals surface area contributed by atoms with Crippen LogP contribution in [-0.2, 0) is 0 Å². The van der Waals surface area contributed by atoms with E-state index in [-0.39, 0.29) is 0 Å². The molecule has 0 spiro atoms. The van der Waals surface area contributed by atoms with Gasteiger partial charge in [-0.2, -0.15) is 4.98 Å². The van der Waals surface area contributed by atoms with Gasteiger partial charge >= 0.3 is 6.01 Å². The molecule has 13 heavy (non-hydrogen) atoms. The fourth-order valence-corrected chi connectivity index (χ4v) is 1.77. The Morgan fingerprint density at radius 3 is 2.62 bits per heavy atom. The van der Waals surface area contributed by atoms with Crippen LogP contribution in [0.3, 0.4) is 0 Å². The number of aromatic nitrogens is 2. The van der Waals surface area contributed by atoms with E-state index in [9.17, 15) is 0 Å². The highest BCUT2D eigenvalue weighted by atomic mass is 32.2. The van der Waals surface area contributed by atoms with Crippen LogP contribution in [0.15, 0.2) is 17.3 Å². The molecule has 0 saturated carbocycles. The van der Waals surface area contributed by atoms with E-state index in [1.807, 2.05) is 12.3 Å². The number of nitrogens with zero attached hydrogens (tertiary/aromatic N) is 2. The monoisotopic (exact) mass is 214 g/mol. The summed E-state index contributed by atoms with van der Waals surface area (Å²) < 4.78 is 5.65. The highest BCUT2D eigenvalue weighted by Crippen LogP contribution is 2.15. The minimum absolute atomic E-state index is 0.506. The molecule has 0 amide bonds. The predicted molar refractivity (Wildman–Crippen MR) is 57.8 cm³/mol. The van der Waals surface area contributed by atoms with Crippen molar-refractivity contribution < 1.29 is 4.43 Å². The van der Waals surface area contributed by atoms with Gasteiger partial charge in [-0.25, -0.2) is 4.98 Å². The topological polar surface area (TPSA) is 35.0 Å². The van der Waals surface area contributed by atoms with Crippen LogP contribution in [0.5, 0.6) is 6.01 Å². The van der Waals surface area contributed by atoms with Gasteiger partial charge in [-0.3, -0.25) is 0 Å². The largest absolute Gasteiger partial charge is 0.518 e. The first-order chi connectivity index (χ1) is 6.01. The molecule has 0 bridgehead atoms. The van der Waals surface area contributed by atoms with Crippen LogP contribution in [0.2, 0.25) is 19.6 Å². The van der Waals surface area contributed by atoms with E-state index in [4.69, 9.17) is 4.43 Å². The molecule has 1 aromatic heterocycles. The van der Waals surface area contributed by atoms with Crippen molar-refractivity contribution in [1.82, 2.24) is 9.97 Å². The van der Waals surface area contributed by atoms with Crippen LogP contribution in [0.25, 0.3) is 0 Å². The summed E-state index contributed by atoms with van der Waals surface area (Å²) in [7, 11) is -1.57. The molecule has 0 saturated heterocycles. The smallest absolute Gasteiger partial charge is 0.303 e. The van der Waals surface area contributed by atoms with Crippen molar-refractivity contribution in [2.45, 2.75) is 24.7 Å². The van der Waals surface area contributed by atoms with Crippen molar-refractivity contribution in [2.24, 2.45) is 0 Å². The van der Waals surface area contributed by atoms with Crippen molar-refractivity contribution in [2.75, 3.05) is 6.26 Å². The fourth-order valence-electron chi connectivity index (χ4n) is 0.762. The highest BCUT2D eigenvalue weighted by Gasteiger charge is 2.17. The third-order valence-electron chi connectivity index (χ3n) is 1.21. The SMILES string of the molecule is CSc1ccnc(O[Si](C)(C)C)n1. The van der Waals surface area contributed by atoms with Gasteiger partial charge in [-0.05, 0) is 32.0 Å². The van der Waals surface area contributed by atoms with Gasteiger partial charge in [0.25, 0.3) is 0 Å². The third kappa shape index (κ3) is 3.78. The van der Waals surface area contributed by atoms with E-state index in [0.717, 1.165) is 5.03 Å². The zero-order valence-electron chi connectivity index (χ0n) is 8.37.